The lowest BCUT2D eigenvalue weighted by atomic mass is 9.88. The number of anilines is 1. The van der Waals surface area contributed by atoms with E-state index in [9.17, 15) is 14.7 Å². The number of H-pyrrole nitrogens is 1. The van der Waals surface area contributed by atoms with E-state index in [1.165, 1.54) is 6.07 Å². The first-order valence-electron chi connectivity index (χ1n) is 9.01. The van der Waals surface area contributed by atoms with Crippen LogP contribution in [0, 0.1) is 0 Å². The van der Waals surface area contributed by atoms with Crippen molar-refractivity contribution >= 4 is 22.6 Å². The molecule has 138 valence electrons. The number of carbonyl (C=O) groups is 1. The van der Waals surface area contributed by atoms with Gasteiger partial charge in [-0.15, -0.1) is 0 Å². The average molecular weight is 363 g/mol. The molecule has 1 aromatic heterocycles. The number of carbonyl (C=O) groups excluding carboxylic acids is 1. The maximum atomic E-state index is 13.1. The number of hydrogen-bond acceptors (Lipinski definition) is 3. The number of rotatable bonds is 3. The van der Waals surface area contributed by atoms with E-state index in [1.807, 2.05) is 30.3 Å². The standard InChI is InChI=1S/C21H21N3O3/c25-14-21(15-6-2-1-3-7-15)12-5-13-24(21)20(27)23-18-9-4-8-17-16(18)10-11-19(26)22-17/h1-4,6-11,25H,5,12-14H2,(H,22,26)(H,23,27). The van der Waals surface area contributed by atoms with Gasteiger partial charge in [0.1, 0.15) is 0 Å². The molecule has 4 rings (SSSR count). The summed E-state index contributed by atoms with van der Waals surface area (Å²) in [4.78, 5) is 29.1. The molecule has 0 spiro atoms. The molecule has 6 heteroatoms. The molecular weight excluding hydrogens is 342 g/mol. The van der Waals surface area contributed by atoms with E-state index >= 15 is 0 Å². The molecule has 2 amide bonds. The highest BCUT2D eigenvalue weighted by molar-refractivity contribution is 6.00. The van der Waals surface area contributed by atoms with Crippen LogP contribution in [0.1, 0.15) is 18.4 Å². The number of fused-ring (bicyclic) bond motifs is 1. The van der Waals surface area contributed by atoms with Crippen LogP contribution in [-0.4, -0.2) is 34.2 Å². The zero-order valence-corrected chi connectivity index (χ0v) is 14.8. The fourth-order valence-corrected chi connectivity index (χ4v) is 3.96. The van der Waals surface area contributed by atoms with Gasteiger partial charge in [0.2, 0.25) is 5.56 Å². The highest BCUT2D eigenvalue weighted by atomic mass is 16.3. The summed E-state index contributed by atoms with van der Waals surface area (Å²) in [5.74, 6) is 0. The lowest BCUT2D eigenvalue weighted by Crippen LogP contribution is -2.49. The van der Waals surface area contributed by atoms with E-state index < -0.39 is 5.54 Å². The van der Waals surface area contributed by atoms with E-state index in [-0.39, 0.29) is 18.2 Å². The highest BCUT2D eigenvalue weighted by Crippen LogP contribution is 2.39. The second-order valence-corrected chi connectivity index (χ2v) is 6.83. The number of hydrogen-bond donors (Lipinski definition) is 3. The molecule has 6 nitrogen and oxygen atoms in total. The van der Waals surface area contributed by atoms with Crippen molar-refractivity contribution in [1.82, 2.24) is 9.88 Å². The van der Waals surface area contributed by atoms with E-state index in [0.717, 1.165) is 17.4 Å². The van der Waals surface area contributed by atoms with Crippen molar-refractivity contribution in [2.45, 2.75) is 18.4 Å². The Balaban J connectivity index is 1.68. The third-order valence-electron chi connectivity index (χ3n) is 5.31. The average Bonchev–Trinajstić information content (AvgIpc) is 3.14. The van der Waals surface area contributed by atoms with Gasteiger partial charge in [0.25, 0.3) is 0 Å². The molecule has 3 aromatic rings. The number of pyridine rings is 1. The summed E-state index contributed by atoms with van der Waals surface area (Å²) >= 11 is 0. The second kappa shape index (κ2) is 6.89. The topological polar surface area (TPSA) is 85.4 Å². The number of nitrogens with one attached hydrogen (secondary N) is 2. The molecule has 0 bridgehead atoms. The second-order valence-electron chi connectivity index (χ2n) is 6.83. The smallest absolute Gasteiger partial charge is 0.322 e. The molecule has 1 atom stereocenters. The fraction of sp³-hybridized carbons (Fsp3) is 0.238. The Bertz CT molecular complexity index is 1030. The molecule has 1 unspecified atom stereocenters. The number of urea groups is 1. The Labute approximate surface area is 156 Å². The van der Waals surface area contributed by atoms with Crippen LogP contribution >= 0.6 is 0 Å². The Kier molecular flexibility index (Phi) is 4.41. The van der Waals surface area contributed by atoms with Gasteiger partial charge in [0.15, 0.2) is 0 Å². The van der Waals surface area contributed by atoms with Crippen LogP contribution < -0.4 is 10.9 Å². The van der Waals surface area contributed by atoms with Crippen LogP contribution in [0.15, 0.2) is 65.5 Å². The minimum Gasteiger partial charge on any atom is -0.394 e. The minimum atomic E-state index is -0.718. The van der Waals surface area contributed by atoms with Gasteiger partial charge in [0.05, 0.1) is 23.3 Å². The van der Waals surface area contributed by atoms with E-state index in [2.05, 4.69) is 10.3 Å². The summed E-state index contributed by atoms with van der Waals surface area (Å²) in [6.07, 6.45) is 1.54. The summed E-state index contributed by atoms with van der Waals surface area (Å²) < 4.78 is 0. The van der Waals surface area contributed by atoms with Crippen LogP contribution in [0.4, 0.5) is 10.5 Å². The predicted octanol–water partition coefficient (Wildman–Crippen LogP) is 3.04. The molecule has 1 aliphatic rings. The van der Waals surface area contributed by atoms with Crippen molar-refractivity contribution in [2.24, 2.45) is 0 Å². The quantitative estimate of drug-likeness (QED) is 0.669. The first-order chi connectivity index (χ1) is 13.1. The Morgan fingerprint density at radius 3 is 2.70 bits per heavy atom. The monoisotopic (exact) mass is 363 g/mol. The Morgan fingerprint density at radius 2 is 1.93 bits per heavy atom. The first-order valence-corrected chi connectivity index (χ1v) is 9.01. The summed E-state index contributed by atoms with van der Waals surface area (Å²) in [7, 11) is 0. The number of amides is 2. The van der Waals surface area contributed by atoms with Crippen molar-refractivity contribution < 1.29 is 9.90 Å². The van der Waals surface area contributed by atoms with E-state index in [0.29, 0.717) is 24.2 Å². The molecule has 1 saturated heterocycles. The Hall–Kier alpha value is -3.12. The van der Waals surface area contributed by atoms with Gasteiger partial charge in [-0.25, -0.2) is 4.79 Å². The van der Waals surface area contributed by atoms with Crippen molar-refractivity contribution in [3.8, 4) is 0 Å². The maximum absolute atomic E-state index is 13.1. The van der Waals surface area contributed by atoms with E-state index in [4.69, 9.17) is 0 Å². The van der Waals surface area contributed by atoms with Crippen molar-refractivity contribution in [2.75, 3.05) is 18.5 Å². The third-order valence-corrected chi connectivity index (χ3v) is 5.31. The summed E-state index contributed by atoms with van der Waals surface area (Å²) in [6, 6.07) is 17.9. The molecular formula is C21H21N3O3. The van der Waals surface area contributed by atoms with Gasteiger partial charge in [-0.05, 0) is 36.6 Å². The summed E-state index contributed by atoms with van der Waals surface area (Å²) in [6.45, 7) is 0.441. The van der Waals surface area contributed by atoms with Crippen molar-refractivity contribution in [3.63, 3.8) is 0 Å². The normalized spacial score (nSPS) is 19.4. The van der Waals surface area contributed by atoms with Gasteiger partial charge in [-0.1, -0.05) is 36.4 Å². The number of likely N-dealkylation sites (tertiary alicyclic amines) is 1. The van der Waals surface area contributed by atoms with Gasteiger partial charge >= 0.3 is 6.03 Å². The lowest BCUT2D eigenvalue weighted by molar-refractivity contribution is 0.0886. The molecule has 3 N–H and O–H groups in total. The van der Waals surface area contributed by atoms with Crippen LogP contribution in [0.25, 0.3) is 10.9 Å². The largest absolute Gasteiger partial charge is 0.394 e. The van der Waals surface area contributed by atoms with Gasteiger partial charge in [-0.2, -0.15) is 0 Å². The molecule has 0 radical (unpaired) electrons. The number of nitrogens with zero attached hydrogens (tertiary/aromatic N) is 1. The molecule has 0 saturated carbocycles. The molecule has 27 heavy (non-hydrogen) atoms. The van der Waals surface area contributed by atoms with Gasteiger partial charge < -0.3 is 20.3 Å². The van der Waals surface area contributed by atoms with E-state index in [1.54, 1.807) is 29.2 Å². The summed E-state index contributed by atoms with van der Waals surface area (Å²) in [5.41, 5.74) is 1.32. The predicted molar refractivity (Wildman–Crippen MR) is 105 cm³/mol. The van der Waals surface area contributed by atoms with Crippen LogP contribution in [0.3, 0.4) is 0 Å². The van der Waals surface area contributed by atoms with Gasteiger partial charge in [-0.3, -0.25) is 4.79 Å². The SMILES string of the molecule is O=C(Nc1cccc2[nH]c(=O)ccc12)N1CCCC1(CO)c1ccccc1. The fourth-order valence-electron chi connectivity index (χ4n) is 3.96. The van der Waals surface area contributed by atoms with Crippen LogP contribution in [0.5, 0.6) is 0 Å². The van der Waals surface area contributed by atoms with Crippen molar-refractivity contribution in [1.29, 1.82) is 0 Å². The number of benzene rings is 2. The molecule has 2 heterocycles. The van der Waals surface area contributed by atoms with Gasteiger partial charge in [0, 0.05) is 18.0 Å². The zero-order chi connectivity index (χ0) is 18.9. The first kappa shape index (κ1) is 17.3. The van der Waals surface area contributed by atoms with Crippen molar-refractivity contribution in [3.05, 3.63) is 76.6 Å². The number of aromatic amines is 1. The molecule has 0 aliphatic carbocycles. The van der Waals surface area contributed by atoms with Crippen LogP contribution in [0.2, 0.25) is 0 Å². The number of aromatic nitrogens is 1. The number of aliphatic hydroxyl groups excluding tert-OH is 1. The Morgan fingerprint density at radius 1 is 1.11 bits per heavy atom. The minimum absolute atomic E-state index is 0.132. The summed E-state index contributed by atoms with van der Waals surface area (Å²) in [5, 5.41) is 13.9. The number of aliphatic hydroxyl groups is 1. The lowest BCUT2D eigenvalue weighted by Gasteiger charge is -2.37. The third kappa shape index (κ3) is 2.98. The molecule has 1 aliphatic heterocycles. The molecule has 1 fully saturated rings. The van der Waals surface area contributed by atoms with Crippen LogP contribution in [-0.2, 0) is 5.54 Å². The maximum Gasteiger partial charge on any atom is 0.322 e. The highest BCUT2D eigenvalue weighted by Gasteiger charge is 2.44. The molecule has 2 aromatic carbocycles. The zero-order valence-electron chi connectivity index (χ0n) is 14.8.